The van der Waals surface area contributed by atoms with Crippen LogP contribution in [0.3, 0.4) is 0 Å². The number of anilines is 1. The number of rotatable bonds is 4. The van der Waals surface area contributed by atoms with E-state index in [9.17, 15) is 4.39 Å². The van der Waals surface area contributed by atoms with Gasteiger partial charge in [-0.3, -0.25) is 0 Å². The lowest BCUT2D eigenvalue weighted by molar-refractivity contribution is 0.263. The van der Waals surface area contributed by atoms with Gasteiger partial charge in [-0.15, -0.1) is 0 Å². The van der Waals surface area contributed by atoms with Gasteiger partial charge in [-0.1, -0.05) is 12.1 Å². The third-order valence-corrected chi connectivity index (χ3v) is 2.60. The Morgan fingerprint density at radius 3 is 2.71 bits per heavy atom. The Hall–Kier alpha value is -1.09. The zero-order chi connectivity index (χ0) is 9.97. The molecule has 14 heavy (non-hydrogen) atoms. The smallest absolute Gasteiger partial charge is 0.146 e. The summed E-state index contributed by atoms with van der Waals surface area (Å²) in [6.07, 6.45) is 2.26. The minimum atomic E-state index is -0.258. The molecule has 0 saturated heterocycles. The van der Waals surface area contributed by atoms with Gasteiger partial charge in [0, 0.05) is 0 Å². The number of hydrogen-bond donors (Lipinski definition) is 2. The number of nitrogens with one attached hydrogen (secondary N) is 1. The number of aliphatic hydroxyl groups excluding tert-OH is 1. The first-order valence-corrected chi connectivity index (χ1v) is 4.93. The molecule has 76 valence electrons. The van der Waals surface area contributed by atoms with Gasteiger partial charge in [0.25, 0.3) is 0 Å². The molecule has 2 nitrogen and oxygen atoms in total. The van der Waals surface area contributed by atoms with Crippen molar-refractivity contribution in [3.8, 4) is 0 Å². The van der Waals surface area contributed by atoms with Crippen molar-refractivity contribution in [2.75, 3.05) is 11.9 Å². The number of benzene rings is 1. The molecule has 0 bridgehead atoms. The first-order valence-electron chi connectivity index (χ1n) is 4.93. The Bertz CT molecular complexity index is 312. The molecule has 1 saturated carbocycles. The van der Waals surface area contributed by atoms with Crippen molar-refractivity contribution in [1.82, 2.24) is 0 Å². The Morgan fingerprint density at radius 1 is 1.43 bits per heavy atom. The van der Waals surface area contributed by atoms with E-state index in [2.05, 4.69) is 5.32 Å². The zero-order valence-corrected chi connectivity index (χ0v) is 7.91. The fourth-order valence-corrected chi connectivity index (χ4v) is 1.59. The molecule has 1 aromatic carbocycles. The normalized spacial score (nSPS) is 17.9. The molecule has 0 amide bonds. The standard InChI is InChI=1S/C11H14FNO/c12-9-3-1-2-4-10(9)13-11(7-14)8-5-6-8/h1-4,8,11,13-14H,5-7H2. The second kappa shape index (κ2) is 3.96. The molecule has 2 N–H and O–H groups in total. The van der Waals surface area contributed by atoms with Crippen LogP contribution in [0.15, 0.2) is 24.3 Å². The number of halogens is 1. The maximum Gasteiger partial charge on any atom is 0.146 e. The predicted octanol–water partition coefficient (Wildman–Crippen LogP) is 2.01. The van der Waals surface area contributed by atoms with Crippen LogP contribution < -0.4 is 5.32 Å². The van der Waals surface area contributed by atoms with E-state index < -0.39 is 0 Å². The summed E-state index contributed by atoms with van der Waals surface area (Å²) in [5.74, 6) is 0.256. The minimum absolute atomic E-state index is 0.00639. The first-order chi connectivity index (χ1) is 6.81. The molecule has 0 spiro atoms. The monoisotopic (exact) mass is 195 g/mol. The van der Waals surface area contributed by atoms with E-state index in [1.807, 2.05) is 0 Å². The summed E-state index contributed by atoms with van der Waals surface area (Å²) in [5.41, 5.74) is 0.485. The van der Waals surface area contributed by atoms with Gasteiger partial charge < -0.3 is 10.4 Å². The van der Waals surface area contributed by atoms with Crippen LogP contribution in [0, 0.1) is 11.7 Å². The van der Waals surface area contributed by atoms with Crippen molar-refractivity contribution >= 4 is 5.69 Å². The van der Waals surface area contributed by atoms with Crippen molar-refractivity contribution < 1.29 is 9.50 Å². The van der Waals surface area contributed by atoms with Crippen LogP contribution in [0.4, 0.5) is 10.1 Å². The molecular weight excluding hydrogens is 181 g/mol. The topological polar surface area (TPSA) is 32.3 Å². The summed E-state index contributed by atoms with van der Waals surface area (Å²) >= 11 is 0. The van der Waals surface area contributed by atoms with Gasteiger partial charge in [-0.2, -0.15) is 0 Å². The van der Waals surface area contributed by atoms with Crippen LogP contribution in [0.2, 0.25) is 0 Å². The van der Waals surface area contributed by atoms with Crippen LogP contribution in [-0.2, 0) is 0 Å². The third-order valence-electron chi connectivity index (χ3n) is 2.60. The highest BCUT2D eigenvalue weighted by atomic mass is 19.1. The summed E-state index contributed by atoms with van der Waals surface area (Å²) < 4.78 is 13.2. The molecule has 0 radical (unpaired) electrons. The van der Waals surface area contributed by atoms with E-state index in [1.165, 1.54) is 6.07 Å². The molecule has 1 atom stereocenters. The van der Waals surface area contributed by atoms with Gasteiger partial charge in [-0.05, 0) is 30.9 Å². The minimum Gasteiger partial charge on any atom is -0.394 e. The Kier molecular flexibility index (Phi) is 2.68. The molecule has 0 heterocycles. The number of aliphatic hydroxyl groups is 1. The van der Waals surface area contributed by atoms with Crippen LogP contribution in [0.1, 0.15) is 12.8 Å². The summed E-state index contributed by atoms with van der Waals surface area (Å²) in [6.45, 7) is 0.0685. The highest BCUT2D eigenvalue weighted by Crippen LogP contribution is 2.34. The van der Waals surface area contributed by atoms with Gasteiger partial charge in [0.2, 0.25) is 0 Å². The Labute approximate surface area is 82.8 Å². The highest BCUT2D eigenvalue weighted by molar-refractivity contribution is 5.45. The van der Waals surface area contributed by atoms with Gasteiger partial charge >= 0.3 is 0 Å². The summed E-state index contributed by atoms with van der Waals surface area (Å²) in [4.78, 5) is 0. The SMILES string of the molecule is OCC(Nc1ccccc1F)C1CC1. The maximum atomic E-state index is 13.2. The van der Waals surface area contributed by atoms with Crippen LogP contribution >= 0.6 is 0 Å². The van der Waals surface area contributed by atoms with E-state index in [0.717, 1.165) is 12.8 Å². The van der Waals surface area contributed by atoms with E-state index >= 15 is 0 Å². The van der Waals surface area contributed by atoms with E-state index in [1.54, 1.807) is 18.2 Å². The van der Waals surface area contributed by atoms with Crippen molar-refractivity contribution in [2.24, 2.45) is 5.92 Å². The van der Waals surface area contributed by atoms with Gasteiger partial charge in [0.05, 0.1) is 18.3 Å². The van der Waals surface area contributed by atoms with Crippen LogP contribution in [0.25, 0.3) is 0 Å². The van der Waals surface area contributed by atoms with Crippen molar-refractivity contribution in [1.29, 1.82) is 0 Å². The molecule has 2 rings (SSSR count). The zero-order valence-electron chi connectivity index (χ0n) is 7.91. The molecule has 3 heteroatoms. The number of para-hydroxylation sites is 1. The Morgan fingerprint density at radius 2 is 2.14 bits per heavy atom. The average Bonchev–Trinajstić information content (AvgIpc) is 3.00. The van der Waals surface area contributed by atoms with Crippen molar-refractivity contribution in [2.45, 2.75) is 18.9 Å². The van der Waals surface area contributed by atoms with E-state index in [4.69, 9.17) is 5.11 Å². The molecule has 1 aromatic rings. The number of hydrogen-bond acceptors (Lipinski definition) is 2. The Balaban J connectivity index is 2.04. The molecular formula is C11H14FNO. The summed E-state index contributed by atoms with van der Waals surface area (Å²) in [5, 5.41) is 12.1. The predicted molar refractivity (Wildman–Crippen MR) is 53.6 cm³/mol. The maximum absolute atomic E-state index is 13.2. The molecule has 1 unspecified atom stereocenters. The molecule has 1 fully saturated rings. The van der Waals surface area contributed by atoms with Gasteiger partial charge in [0.15, 0.2) is 0 Å². The summed E-state index contributed by atoms with van der Waals surface area (Å²) in [6, 6.07) is 6.56. The highest BCUT2D eigenvalue weighted by Gasteiger charge is 2.30. The quantitative estimate of drug-likeness (QED) is 0.770. The third kappa shape index (κ3) is 2.04. The lowest BCUT2D eigenvalue weighted by Crippen LogP contribution is -2.26. The summed E-state index contributed by atoms with van der Waals surface area (Å²) in [7, 11) is 0. The molecule has 0 aromatic heterocycles. The van der Waals surface area contributed by atoms with Gasteiger partial charge in [-0.25, -0.2) is 4.39 Å². The second-order valence-corrected chi connectivity index (χ2v) is 3.75. The molecule has 0 aliphatic heterocycles. The van der Waals surface area contributed by atoms with E-state index in [0.29, 0.717) is 11.6 Å². The fourth-order valence-electron chi connectivity index (χ4n) is 1.59. The van der Waals surface area contributed by atoms with E-state index in [-0.39, 0.29) is 18.5 Å². The van der Waals surface area contributed by atoms with Crippen molar-refractivity contribution in [3.05, 3.63) is 30.1 Å². The lowest BCUT2D eigenvalue weighted by Gasteiger charge is -2.17. The average molecular weight is 195 g/mol. The fraction of sp³-hybridized carbons (Fsp3) is 0.455. The lowest BCUT2D eigenvalue weighted by atomic mass is 10.2. The molecule has 1 aliphatic carbocycles. The second-order valence-electron chi connectivity index (χ2n) is 3.75. The molecule has 1 aliphatic rings. The van der Waals surface area contributed by atoms with Crippen LogP contribution in [0.5, 0.6) is 0 Å². The van der Waals surface area contributed by atoms with Crippen LogP contribution in [-0.4, -0.2) is 17.8 Å². The first kappa shape index (κ1) is 9.46. The van der Waals surface area contributed by atoms with Gasteiger partial charge in [0.1, 0.15) is 5.82 Å². The largest absolute Gasteiger partial charge is 0.394 e. The van der Waals surface area contributed by atoms with Crippen molar-refractivity contribution in [3.63, 3.8) is 0 Å².